The Morgan fingerprint density at radius 1 is 1.22 bits per heavy atom. The highest BCUT2D eigenvalue weighted by Gasteiger charge is 2.44. The maximum absolute atomic E-state index is 13.7. The first-order chi connectivity index (χ1) is 12.3. The monoisotopic (exact) mass is 395 g/mol. The first kappa shape index (κ1) is 21.7. The second-order valence-electron chi connectivity index (χ2n) is 8.14. The van der Waals surface area contributed by atoms with E-state index >= 15 is 0 Å². The van der Waals surface area contributed by atoms with Crippen LogP contribution < -0.4 is 5.43 Å². The van der Waals surface area contributed by atoms with Crippen molar-refractivity contribution in [2.75, 3.05) is 19.6 Å². The zero-order valence-electron chi connectivity index (χ0n) is 16.7. The quantitative estimate of drug-likeness (QED) is 0.832. The molecule has 0 aromatic heterocycles. The number of piperidine rings is 1. The largest absolute Gasteiger partial charge is 0.296 e. The number of nitrogens with one attached hydrogen (secondary N) is 1. The maximum atomic E-state index is 13.7. The summed E-state index contributed by atoms with van der Waals surface area (Å²) in [6, 6.07) is 5.11. The van der Waals surface area contributed by atoms with Crippen molar-refractivity contribution in [1.29, 1.82) is 0 Å². The van der Waals surface area contributed by atoms with Crippen LogP contribution in [0.25, 0.3) is 5.70 Å². The standard InChI is InChI=1S/C21H30FN3O.ClH/c1-15(2)14-25-20(26)21(4,24-10-6-5-7-11-24)13-19(23-25)17-8-9-18(22)16(3)12-17;/h8-9,12-13,15,23H,5-7,10-11,14H2,1-4H3;1H. The van der Waals surface area contributed by atoms with Gasteiger partial charge in [-0.25, -0.2) is 4.39 Å². The third-order valence-electron chi connectivity index (χ3n) is 5.39. The van der Waals surface area contributed by atoms with E-state index in [-0.39, 0.29) is 24.1 Å². The van der Waals surface area contributed by atoms with Crippen LogP contribution >= 0.6 is 12.4 Å². The van der Waals surface area contributed by atoms with E-state index in [0.29, 0.717) is 18.0 Å². The summed E-state index contributed by atoms with van der Waals surface area (Å²) in [5, 5.41) is 1.74. The molecule has 1 saturated heterocycles. The van der Waals surface area contributed by atoms with Gasteiger partial charge in [0.05, 0.1) is 5.70 Å². The van der Waals surface area contributed by atoms with Crippen molar-refractivity contribution in [3.63, 3.8) is 0 Å². The van der Waals surface area contributed by atoms with Gasteiger partial charge in [0.25, 0.3) is 5.91 Å². The number of amides is 1. The number of carbonyl (C=O) groups excluding carboxylic acids is 1. The minimum absolute atomic E-state index is 0. The molecular formula is C21H31ClFN3O. The minimum atomic E-state index is -0.668. The number of hydrogen-bond acceptors (Lipinski definition) is 3. The summed E-state index contributed by atoms with van der Waals surface area (Å²) in [5.74, 6) is 0.237. The van der Waals surface area contributed by atoms with Crippen LogP contribution in [0.5, 0.6) is 0 Å². The number of aryl methyl sites for hydroxylation is 1. The first-order valence-electron chi connectivity index (χ1n) is 9.64. The van der Waals surface area contributed by atoms with Crippen molar-refractivity contribution in [3.05, 3.63) is 41.2 Å². The van der Waals surface area contributed by atoms with E-state index in [1.54, 1.807) is 18.0 Å². The van der Waals surface area contributed by atoms with E-state index in [9.17, 15) is 9.18 Å². The van der Waals surface area contributed by atoms with Crippen molar-refractivity contribution in [2.24, 2.45) is 5.92 Å². The Hall–Kier alpha value is -1.59. The SMILES string of the molecule is Cc1cc(C2=CC(C)(N3CCCCC3)C(=O)N(CC(C)C)N2)ccc1F.Cl. The Morgan fingerprint density at radius 3 is 2.48 bits per heavy atom. The summed E-state index contributed by atoms with van der Waals surface area (Å²) in [5.41, 5.74) is 5.01. The van der Waals surface area contributed by atoms with E-state index in [0.717, 1.165) is 37.2 Å². The van der Waals surface area contributed by atoms with E-state index in [2.05, 4.69) is 24.2 Å². The van der Waals surface area contributed by atoms with Crippen LogP contribution in [0.15, 0.2) is 24.3 Å². The molecule has 150 valence electrons. The fraction of sp³-hybridized carbons (Fsp3) is 0.571. The van der Waals surface area contributed by atoms with Gasteiger partial charge >= 0.3 is 0 Å². The highest BCUT2D eigenvalue weighted by atomic mass is 35.5. The summed E-state index contributed by atoms with van der Waals surface area (Å²) in [7, 11) is 0. The number of halogens is 2. The number of hydrogen-bond donors (Lipinski definition) is 1. The molecule has 0 saturated carbocycles. The second-order valence-corrected chi connectivity index (χ2v) is 8.14. The molecular weight excluding hydrogens is 365 g/mol. The summed E-state index contributed by atoms with van der Waals surface area (Å²) in [6.07, 6.45) is 5.51. The fourth-order valence-electron chi connectivity index (χ4n) is 3.88. The van der Waals surface area contributed by atoms with Crippen molar-refractivity contribution in [3.8, 4) is 0 Å². The van der Waals surface area contributed by atoms with Crippen molar-refractivity contribution < 1.29 is 9.18 Å². The van der Waals surface area contributed by atoms with Gasteiger partial charge in [-0.3, -0.25) is 20.1 Å². The molecule has 27 heavy (non-hydrogen) atoms. The third kappa shape index (κ3) is 4.46. The minimum Gasteiger partial charge on any atom is -0.296 e. The molecule has 6 heteroatoms. The molecule has 2 aliphatic heterocycles. The number of hydrazine groups is 1. The maximum Gasteiger partial charge on any atom is 0.265 e. The number of benzene rings is 1. The van der Waals surface area contributed by atoms with Gasteiger partial charge < -0.3 is 0 Å². The van der Waals surface area contributed by atoms with Gasteiger partial charge in [0, 0.05) is 6.54 Å². The van der Waals surface area contributed by atoms with Crippen LogP contribution in [0.1, 0.15) is 51.2 Å². The summed E-state index contributed by atoms with van der Waals surface area (Å²) >= 11 is 0. The summed E-state index contributed by atoms with van der Waals surface area (Å²) in [6.45, 7) is 10.5. The lowest BCUT2D eigenvalue weighted by Crippen LogP contribution is -2.64. The first-order valence-corrected chi connectivity index (χ1v) is 9.64. The third-order valence-corrected chi connectivity index (χ3v) is 5.39. The number of carbonyl (C=O) groups is 1. The fourth-order valence-corrected chi connectivity index (χ4v) is 3.88. The molecule has 1 amide bonds. The number of nitrogens with zero attached hydrogens (tertiary/aromatic N) is 2. The van der Waals surface area contributed by atoms with Crippen LogP contribution in [0.3, 0.4) is 0 Å². The number of rotatable bonds is 4. The predicted molar refractivity (Wildman–Crippen MR) is 110 cm³/mol. The highest BCUT2D eigenvalue weighted by Crippen LogP contribution is 2.31. The summed E-state index contributed by atoms with van der Waals surface area (Å²) in [4.78, 5) is 15.6. The Kier molecular flexibility index (Phi) is 6.92. The normalized spacial score (nSPS) is 23.7. The molecule has 0 bridgehead atoms. The van der Waals surface area contributed by atoms with Crippen LogP contribution in [-0.4, -0.2) is 41.0 Å². The molecule has 0 aliphatic carbocycles. The Bertz CT molecular complexity index is 715. The molecule has 1 aromatic carbocycles. The van der Waals surface area contributed by atoms with Gasteiger partial charge in [0.1, 0.15) is 11.4 Å². The molecule has 2 heterocycles. The zero-order valence-corrected chi connectivity index (χ0v) is 17.5. The topological polar surface area (TPSA) is 35.6 Å². The van der Waals surface area contributed by atoms with Crippen LogP contribution in [0, 0.1) is 18.7 Å². The molecule has 1 N–H and O–H groups in total. The molecule has 4 nitrogen and oxygen atoms in total. The van der Waals surface area contributed by atoms with Gasteiger partial charge in [-0.15, -0.1) is 12.4 Å². The second kappa shape index (κ2) is 8.61. The highest BCUT2D eigenvalue weighted by molar-refractivity contribution is 5.93. The van der Waals surface area contributed by atoms with Crippen molar-refractivity contribution >= 4 is 24.0 Å². The van der Waals surface area contributed by atoms with E-state index < -0.39 is 5.54 Å². The van der Waals surface area contributed by atoms with Crippen LogP contribution in [-0.2, 0) is 4.79 Å². The van der Waals surface area contributed by atoms with Crippen molar-refractivity contribution in [1.82, 2.24) is 15.3 Å². The molecule has 2 aliphatic rings. The lowest BCUT2D eigenvalue weighted by molar-refractivity contribution is -0.145. The molecule has 3 rings (SSSR count). The molecule has 1 fully saturated rings. The molecule has 0 spiro atoms. The predicted octanol–water partition coefficient (Wildman–Crippen LogP) is 4.14. The summed E-state index contributed by atoms with van der Waals surface area (Å²) < 4.78 is 13.7. The zero-order chi connectivity index (χ0) is 18.9. The van der Waals surface area contributed by atoms with Gasteiger partial charge in [-0.2, -0.15) is 0 Å². The average molecular weight is 396 g/mol. The average Bonchev–Trinajstić information content (AvgIpc) is 2.61. The number of likely N-dealkylation sites (tertiary alicyclic amines) is 1. The molecule has 1 aromatic rings. The van der Waals surface area contributed by atoms with Crippen molar-refractivity contribution in [2.45, 2.75) is 52.5 Å². The van der Waals surface area contributed by atoms with E-state index in [1.807, 2.05) is 19.1 Å². The van der Waals surface area contributed by atoms with Gasteiger partial charge in [0.2, 0.25) is 0 Å². The lowest BCUT2D eigenvalue weighted by atomic mass is 9.90. The molecule has 1 atom stereocenters. The Labute approximate surface area is 168 Å². The van der Waals surface area contributed by atoms with Crippen LogP contribution in [0.2, 0.25) is 0 Å². The molecule has 0 radical (unpaired) electrons. The molecule has 1 unspecified atom stereocenters. The van der Waals surface area contributed by atoms with Crippen LogP contribution in [0.4, 0.5) is 4.39 Å². The lowest BCUT2D eigenvalue weighted by Gasteiger charge is -2.46. The Morgan fingerprint density at radius 2 is 1.89 bits per heavy atom. The van der Waals surface area contributed by atoms with Gasteiger partial charge in [0.15, 0.2) is 0 Å². The van der Waals surface area contributed by atoms with E-state index in [1.165, 1.54) is 12.5 Å². The van der Waals surface area contributed by atoms with Gasteiger partial charge in [-0.1, -0.05) is 20.3 Å². The van der Waals surface area contributed by atoms with E-state index in [4.69, 9.17) is 0 Å². The smallest absolute Gasteiger partial charge is 0.265 e. The Balaban J connectivity index is 0.00000261. The van der Waals surface area contributed by atoms with Gasteiger partial charge in [-0.05, 0) is 81.1 Å².